The van der Waals surface area contributed by atoms with Crippen molar-refractivity contribution in [2.45, 2.75) is 9.79 Å². The first-order valence-electron chi connectivity index (χ1n) is 4.38. The third-order valence-corrected chi connectivity index (χ3v) is 4.99. The van der Waals surface area contributed by atoms with Crippen molar-refractivity contribution >= 4 is 19.9 Å². The Hall–Kier alpha value is -0.920. The predicted molar refractivity (Wildman–Crippen MR) is 60.4 cm³/mol. The molecule has 1 rings (SSSR count). The molecule has 0 aliphatic rings. The molecule has 0 fully saturated rings. The molecule has 0 spiro atoms. The van der Waals surface area contributed by atoms with Gasteiger partial charge in [0, 0.05) is 20.4 Å². The van der Waals surface area contributed by atoms with Crippen molar-refractivity contribution in [3.63, 3.8) is 0 Å². The van der Waals surface area contributed by atoms with Gasteiger partial charge in [-0.05, 0) is 24.3 Å². The molecule has 0 saturated carbocycles. The van der Waals surface area contributed by atoms with Crippen molar-refractivity contribution in [3.05, 3.63) is 24.3 Å². The number of hydrogen-bond acceptors (Lipinski definition) is 4. The van der Waals surface area contributed by atoms with Gasteiger partial charge in [0.25, 0.3) is 0 Å². The summed E-state index contributed by atoms with van der Waals surface area (Å²) in [4.78, 5) is 0.176. The Labute approximate surface area is 95.7 Å². The number of sulfonamides is 1. The summed E-state index contributed by atoms with van der Waals surface area (Å²) in [6, 6.07) is 5.13. The van der Waals surface area contributed by atoms with Crippen LogP contribution < -0.4 is 0 Å². The van der Waals surface area contributed by atoms with E-state index in [9.17, 15) is 16.8 Å². The van der Waals surface area contributed by atoms with Gasteiger partial charge in [-0.15, -0.1) is 0 Å². The quantitative estimate of drug-likeness (QED) is 0.788. The standard InChI is InChI=1S/C9H13NO4S2/c1-10(2)16(13,14)9-6-4-8(5-7-9)15(3,11)12/h4-7H,1-3H3. The maximum Gasteiger partial charge on any atom is 0.242 e. The molecular weight excluding hydrogens is 250 g/mol. The highest BCUT2D eigenvalue weighted by Crippen LogP contribution is 2.16. The molecule has 0 aliphatic carbocycles. The van der Waals surface area contributed by atoms with E-state index in [1.54, 1.807) is 0 Å². The third kappa shape index (κ3) is 2.60. The zero-order chi connectivity index (χ0) is 12.6. The van der Waals surface area contributed by atoms with Crippen LogP contribution in [0.3, 0.4) is 0 Å². The maximum atomic E-state index is 11.7. The van der Waals surface area contributed by atoms with Crippen LogP contribution in [0.4, 0.5) is 0 Å². The molecule has 16 heavy (non-hydrogen) atoms. The van der Waals surface area contributed by atoms with Crippen LogP contribution in [0, 0.1) is 0 Å². The van der Waals surface area contributed by atoms with Crippen molar-refractivity contribution in [1.82, 2.24) is 4.31 Å². The van der Waals surface area contributed by atoms with E-state index in [2.05, 4.69) is 0 Å². The summed E-state index contributed by atoms with van der Waals surface area (Å²) in [6.07, 6.45) is 1.07. The second kappa shape index (κ2) is 4.15. The average molecular weight is 263 g/mol. The molecule has 0 aromatic heterocycles. The second-order valence-corrected chi connectivity index (χ2v) is 7.70. The van der Waals surface area contributed by atoms with E-state index >= 15 is 0 Å². The highest BCUT2D eigenvalue weighted by atomic mass is 32.2. The van der Waals surface area contributed by atoms with E-state index in [0.29, 0.717) is 0 Å². The lowest BCUT2D eigenvalue weighted by Crippen LogP contribution is -2.22. The van der Waals surface area contributed by atoms with Gasteiger partial charge >= 0.3 is 0 Å². The molecule has 1 aromatic rings. The molecule has 0 heterocycles. The minimum absolute atomic E-state index is 0.0740. The summed E-state index contributed by atoms with van der Waals surface area (Å²) in [6.45, 7) is 0. The fourth-order valence-electron chi connectivity index (χ4n) is 1.07. The first-order valence-corrected chi connectivity index (χ1v) is 7.71. The van der Waals surface area contributed by atoms with Crippen LogP contribution in [-0.4, -0.2) is 41.5 Å². The highest BCUT2D eigenvalue weighted by molar-refractivity contribution is 7.90. The first-order chi connectivity index (χ1) is 7.15. The lowest BCUT2D eigenvalue weighted by Gasteiger charge is -2.11. The molecule has 0 radical (unpaired) electrons. The molecule has 0 N–H and O–H groups in total. The number of sulfone groups is 1. The molecule has 1 aromatic carbocycles. The summed E-state index contributed by atoms with van der Waals surface area (Å²) in [5, 5.41) is 0. The maximum absolute atomic E-state index is 11.7. The van der Waals surface area contributed by atoms with Gasteiger partial charge in [-0.1, -0.05) is 0 Å². The van der Waals surface area contributed by atoms with Crippen LogP contribution in [0.25, 0.3) is 0 Å². The van der Waals surface area contributed by atoms with Gasteiger partial charge in [-0.3, -0.25) is 0 Å². The van der Waals surface area contributed by atoms with Crippen LogP contribution in [0.15, 0.2) is 34.1 Å². The Morgan fingerprint density at radius 2 is 1.25 bits per heavy atom. The number of nitrogens with zero attached hydrogens (tertiary/aromatic N) is 1. The van der Waals surface area contributed by atoms with Gasteiger partial charge in [-0.25, -0.2) is 21.1 Å². The van der Waals surface area contributed by atoms with E-state index in [4.69, 9.17) is 0 Å². The molecule has 0 atom stereocenters. The highest BCUT2D eigenvalue weighted by Gasteiger charge is 2.17. The molecule has 0 amide bonds. The van der Waals surface area contributed by atoms with Crippen molar-refractivity contribution in [2.75, 3.05) is 20.4 Å². The molecular formula is C9H13NO4S2. The van der Waals surface area contributed by atoms with Crippen LogP contribution in [0.2, 0.25) is 0 Å². The molecule has 0 bridgehead atoms. The fraction of sp³-hybridized carbons (Fsp3) is 0.333. The minimum atomic E-state index is -3.50. The SMILES string of the molecule is CN(C)S(=O)(=O)c1ccc(S(C)(=O)=O)cc1. The molecule has 0 unspecified atom stereocenters. The smallest absolute Gasteiger partial charge is 0.224 e. The van der Waals surface area contributed by atoms with Crippen LogP contribution in [-0.2, 0) is 19.9 Å². The lowest BCUT2D eigenvalue weighted by molar-refractivity contribution is 0.520. The Kier molecular flexibility index (Phi) is 3.41. The van der Waals surface area contributed by atoms with Gasteiger partial charge in [0.2, 0.25) is 10.0 Å². The van der Waals surface area contributed by atoms with Gasteiger partial charge in [0.1, 0.15) is 0 Å². The van der Waals surface area contributed by atoms with E-state index in [1.807, 2.05) is 0 Å². The number of benzene rings is 1. The summed E-state index contributed by atoms with van der Waals surface area (Å²) in [5.74, 6) is 0. The summed E-state index contributed by atoms with van der Waals surface area (Å²) >= 11 is 0. The largest absolute Gasteiger partial charge is 0.242 e. The van der Waals surface area contributed by atoms with E-state index in [1.165, 1.54) is 38.4 Å². The Bertz CT molecular complexity index is 570. The predicted octanol–water partition coefficient (Wildman–Crippen LogP) is 0.340. The van der Waals surface area contributed by atoms with Crippen molar-refractivity contribution in [2.24, 2.45) is 0 Å². The van der Waals surface area contributed by atoms with Gasteiger partial charge in [0.15, 0.2) is 9.84 Å². The Morgan fingerprint density at radius 3 is 1.56 bits per heavy atom. The van der Waals surface area contributed by atoms with E-state index < -0.39 is 19.9 Å². The first kappa shape index (κ1) is 13.1. The topological polar surface area (TPSA) is 71.5 Å². The summed E-state index contributed by atoms with van der Waals surface area (Å²) in [7, 11) is -3.96. The molecule has 90 valence electrons. The zero-order valence-corrected chi connectivity index (χ0v) is 10.8. The summed E-state index contributed by atoms with van der Waals surface area (Å²) in [5.41, 5.74) is 0. The van der Waals surface area contributed by atoms with Crippen LogP contribution >= 0.6 is 0 Å². The molecule has 0 saturated heterocycles. The van der Waals surface area contributed by atoms with Gasteiger partial charge < -0.3 is 0 Å². The van der Waals surface area contributed by atoms with Crippen LogP contribution in [0.5, 0.6) is 0 Å². The summed E-state index contributed by atoms with van der Waals surface area (Å²) < 4.78 is 46.7. The van der Waals surface area contributed by atoms with E-state index in [-0.39, 0.29) is 9.79 Å². The minimum Gasteiger partial charge on any atom is -0.224 e. The van der Waals surface area contributed by atoms with Crippen molar-refractivity contribution in [1.29, 1.82) is 0 Å². The lowest BCUT2D eigenvalue weighted by atomic mass is 10.4. The monoisotopic (exact) mass is 263 g/mol. The average Bonchev–Trinajstić information content (AvgIpc) is 2.16. The second-order valence-electron chi connectivity index (χ2n) is 3.53. The Balaban J connectivity index is 3.25. The Morgan fingerprint density at radius 1 is 0.875 bits per heavy atom. The molecule has 0 aliphatic heterocycles. The van der Waals surface area contributed by atoms with Crippen molar-refractivity contribution in [3.8, 4) is 0 Å². The molecule has 7 heteroatoms. The van der Waals surface area contributed by atoms with Crippen LogP contribution in [0.1, 0.15) is 0 Å². The zero-order valence-electron chi connectivity index (χ0n) is 9.21. The van der Waals surface area contributed by atoms with Gasteiger partial charge in [0.05, 0.1) is 9.79 Å². The number of rotatable bonds is 3. The third-order valence-electron chi connectivity index (χ3n) is 2.03. The fourth-order valence-corrected chi connectivity index (χ4v) is 2.60. The van der Waals surface area contributed by atoms with Crippen molar-refractivity contribution < 1.29 is 16.8 Å². The van der Waals surface area contributed by atoms with E-state index in [0.717, 1.165) is 10.6 Å². The van der Waals surface area contributed by atoms with Gasteiger partial charge in [-0.2, -0.15) is 0 Å². The number of hydrogen-bond donors (Lipinski definition) is 0. The molecule has 5 nitrogen and oxygen atoms in total. The normalized spacial score (nSPS) is 13.0.